The first-order chi connectivity index (χ1) is 13.3. The maximum absolute atomic E-state index is 12.7. The molecule has 0 atom stereocenters. The Morgan fingerprint density at radius 3 is 2.68 bits per heavy atom. The van der Waals surface area contributed by atoms with Crippen LogP contribution in [0.25, 0.3) is 6.08 Å². The number of halogens is 2. The zero-order valence-electron chi connectivity index (χ0n) is 14.4. The molecule has 2 N–H and O–H groups in total. The fraction of sp³-hybridized carbons (Fsp3) is 0.105. The van der Waals surface area contributed by atoms with Gasteiger partial charge in [0.05, 0.1) is 11.4 Å². The molecule has 28 heavy (non-hydrogen) atoms. The number of amides is 3. The predicted molar refractivity (Wildman–Crippen MR) is 109 cm³/mol. The summed E-state index contributed by atoms with van der Waals surface area (Å²) in [5, 5.41) is 0.472. The molecule has 3 amide bonds. The number of carbonyl (C=O) groups excluding carboxylic acids is 3. The molecule has 0 bridgehead atoms. The number of rotatable bonds is 6. The third kappa shape index (κ3) is 4.86. The van der Waals surface area contributed by atoms with Gasteiger partial charge in [0.25, 0.3) is 17.1 Å². The molecule has 1 fully saturated rings. The molecule has 2 aromatic rings. The first-order valence-electron chi connectivity index (χ1n) is 8.04. The van der Waals surface area contributed by atoms with Gasteiger partial charge in [-0.25, -0.2) is 0 Å². The summed E-state index contributed by atoms with van der Waals surface area (Å²) in [5.74, 6) is -0.573. The Morgan fingerprint density at radius 2 is 1.96 bits per heavy atom. The lowest BCUT2D eigenvalue weighted by Gasteiger charge is -2.13. The summed E-state index contributed by atoms with van der Waals surface area (Å²) in [6.45, 7) is -0.193. The summed E-state index contributed by atoms with van der Waals surface area (Å²) in [6.07, 6.45) is 1.59. The van der Waals surface area contributed by atoms with E-state index in [2.05, 4.69) is 0 Å². The highest BCUT2D eigenvalue weighted by atomic mass is 35.5. The summed E-state index contributed by atoms with van der Waals surface area (Å²) >= 11 is 12.9. The number of hydrogen-bond donors (Lipinski definition) is 1. The number of thioether (sulfide) groups is 1. The molecular formula is C19H14Cl2N2O4S. The van der Waals surface area contributed by atoms with Crippen molar-refractivity contribution in [1.82, 2.24) is 4.90 Å². The molecule has 0 aromatic heterocycles. The average Bonchev–Trinajstić information content (AvgIpc) is 2.90. The minimum absolute atomic E-state index is 0.0553. The van der Waals surface area contributed by atoms with Crippen molar-refractivity contribution in [2.24, 2.45) is 5.73 Å². The highest BCUT2D eigenvalue weighted by Crippen LogP contribution is 2.34. The first-order valence-corrected chi connectivity index (χ1v) is 9.61. The van der Waals surface area contributed by atoms with Crippen molar-refractivity contribution in [2.75, 3.05) is 6.61 Å². The van der Waals surface area contributed by atoms with E-state index in [1.54, 1.807) is 48.5 Å². The topological polar surface area (TPSA) is 89.7 Å². The number of imide groups is 1. The number of nitrogens with zero attached hydrogens (tertiary/aromatic N) is 1. The Balaban J connectivity index is 1.77. The van der Waals surface area contributed by atoms with Gasteiger partial charge in [-0.15, -0.1) is 0 Å². The summed E-state index contributed by atoms with van der Waals surface area (Å²) in [4.78, 5) is 37.2. The smallest absolute Gasteiger partial charge is 0.293 e. The van der Waals surface area contributed by atoms with Crippen LogP contribution < -0.4 is 10.5 Å². The SMILES string of the molecule is NC(=O)COc1cccc(/C=C2\SC(=O)N(Cc3ccc(Cl)cc3Cl)C2=O)c1. The molecule has 0 radical (unpaired) electrons. The summed E-state index contributed by atoms with van der Waals surface area (Å²) in [7, 11) is 0. The van der Waals surface area contributed by atoms with Crippen molar-refractivity contribution >= 4 is 58.1 Å². The average molecular weight is 437 g/mol. The molecular weight excluding hydrogens is 423 g/mol. The van der Waals surface area contributed by atoms with Gasteiger partial charge in [-0.1, -0.05) is 41.4 Å². The molecule has 1 aliphatic heterocycles. The summed E-state index contributed by atoms with van der Waals surface area (Å²) < 4.78 is 5.25. The molecule has 0 spiro atoms. The van der Waals surface area contributed by atoms with E-state index in [4.69, 9.17) is 33.7 Å². The number of benzene rings is 2. The second-order valence-corrected chi connectivity index (χ2v) is 7.67. The van der Waals surface area contributed by atoms with Crippen LogP contribution in [-0.4, -0.2) is 28.6 Å². The summed E-state index contributed by atoms with van der Waals surface area (Å²) in [5.41, 5.74) is 6.33. The number of primary amides is 1. The van der Waals surface area contributed by atoms with E-state index >= 15 is 0 Å². The number of nitrogens with two attached hydrogens (primary N) is 1. The normalized spacial score (nSPS) is 15.4. The Morgan fingerprint density at radius 1 is 1.18 bits per heavy atom. The lowest BCUT2D eigenvalue weighted by Crippen LogP contribution is -2.27. The molecule has 6 nitrogen and oxygen atoms in total. The maximum atomic E-state index is 12.7. The Hall–Kier alpha value is -2.48. The highest BCUT2D eigenvalue weighted by molar-refractivity contribution is 8.18. The van der Waals surface area contributed by atoms with E-state index in [9.17, 15) is 14.4 Å². The van der Waals surface area contributed by atoms with Crippen LogP contribution in [-0.2, 0) is 16.1 Å². The van der Waals surface area contributed by atoms with Crippen molar-refractivity contribution in [1.29, 1.82) is 0 Å². The molecule has 2 aromatic carbocycles. The van der Waals surface area contributed by atoms with Crippen LogP contribution in [0, 0.1) is 0 Å². The third-order valence-corrected chi connectivity index (χ3v) is 5.25. The third-order valence-electron chi connectivity index (χ3n) is 3.75. The first kappa shape index (κ1) is 20.3. The van der Waals surface area contributed by atoms with Crippen molar-refractivity contribution < 1.29 is 19.1 Å². The van der Waals surface area contributed by atoms with E-state index in [1.165, 1.54) is 0 Å². The van der Waals surface area contributed by atoms with Crippen LogP contribution in [0.4, 0.5) is 4.79 Å². The van der Waals surface area contributed by atoms with Crippen LogP contribution in [0.5, 0.6) is 5.75 Å². The van der Waals surface area contributed by atoms with Crippen LogP contribution in [0.15, 0.2) is 47.4 Å². The van der Waals surface area contributed by atoms with Gasteiger partial charge in [-0.05, 0) is 53.2 Å². The van der Waals surface area contributed by atoms with Gasteiger partial charge in [-0.2, -0.15) is 0 Å². The monoisotopic (exact) mass is 436 g/mol. The maximum Gasteiger partial charge on any atom is 0.293 e. The van der Waals surface area contributed by atoms with Crippen LogP contribution in [0.1, 0.15) is 11.1 Å². The fourth-order valence-corrected chi connectivity index (χ4v) is 3.76. The van der Waals surface area contributed by atoms with E-state index < -0.39 is 11.8 Å². The van der Waals surface area contributed by atoms with Crippen LogP contribution in [0.2, 0.25) is 10.0 Å². The highest BCUT2D eigenvalue weighted by Gasteiger charge is 2.35. The van der Waals surface area contributed by atoms with Crippen molar-refractivity contribution in [2.45, 2.75) is 6.54 Å². The molecule has 9 heteroatoms. The van der Waals surface area contributed by atoms with Crippen molar-refractivity contribution in [3.63, 3.8) is 0 Å². The van der Waals surface area contributed by atoms with Gasteiger partial charge in [0.15, 0.2) is 6.61 Å². The van der Waals surface area contributed by atoms with Gasteiger partial charge in [0, 0.05) is 10.0 Å². The zero-order valence-corrected chi connectivity index (χ0v) is 16.7. The molecule has 1 aliphatic rings. The van der Waals surface area contributed by atoms with E-state index in [1.807, 2.05) is 0 Å². The van der Waals surface area contributed by atoms with E-state index in [0.717, 1.165) is 16.7 Å². The van der Waals surface area contributed by atoms with Crippen molar-refractivity contribution in [3.05, 3.63) is 68.5 Å². The second-order valence-electron chi connectivity index (χ2n) is 5.83. The quantitative estimate of drug-likeness (QED) is 0.688. The van der Waals surface area contributed by atoms with Crippen LogP contribution in [0.3, 0.4) is 0 Å². The molecule has 0 aliphatic carbocycles. The lowest BCUT2D eigenvalue weighted by molar-refractivity contribution is -0.123. The van der Waals surface area contributed by atoms with Gasteiger partial charge in [-0.3, -0.25) is 19.3 Å². The second kappa shape index (κ2) is 8.68. The van der Waals surface area contributed by atoms with Gasteiger partial charge in [0.2, 0.25) is 0 Å². The van der Waals surface area contributed by atoms with Gasteiger partial charge < -0.3 is 10.5 Å². The molecule has 144 valence electrons. The minimum atomic E-state index is -0.590. The number of carbonyl (C=O) groups is 3. The number of ether oxygens (including phenoxy) is 1. The Kier molecular flexibility index (Phi) is 6.28. The standard InChI is InChI=1S/C19H14Cl2N2O4S/c20-13-5-4-12(15(21)8-13)9-23-18(25)16(28-19(23)26)7-11-2-1-3-14(6-11)27-10-17(22)24/h1-8H,9-10H2,(H2,22,24)/b16-7-. The van der Waals surface area contributed by atoms with Crippen LogP contribution >= 0.6 is 35.0 Å². The molecule has 1 saturated heterocycles. The lowest BCUT2D eigenvalue weighted by atomic mass is 10.2. The Bertz CT molecular complexity index is 994. The molecule has 1 heterocycles. The van der Waals surface area contributed by atoms with Crippen molar-refractivity contribution in [3.8, 4) is 5.75 Å². The summed E-state index contributed by atoms with van der Waals surface area (Å²) in [6, 6.07) is 11.7. The molecule has 0 saturated carbocycles. The minimum Gasteiger partial charge on any atom is -0.484 e. The molecule has 3 rings (SSSR count). The molecule has 0 unspecified atom stereocenters. The zero-order chi connectivity index (χ0) is 20.3. The predicted octanol–water partition coefficient (Wildman–Crippen LogP) is 4.09. The largest absolute Gasteiger partial charge is 0.484 e. The van der Waals surface area contributed by atoms with Gasteiger partial charge >= 0.3 is 0 Å². The Labute approximate surface area is 175 Å². The fourth-order valence-electron chi connectivity index (χ4n) is 2.46. The van der Waals surface area contributed by atoms with E-state index in [-0.39, 0.29) is 23.3 Å². The van der Waals surface area contributed by atoms with E-state index in [0.29, 0.717) is 26.9 Å². The number of hydrogen-bond acceptors (Lipinski definition) is 5. The van der Waals surface area contributed by atoms with Gasteiger partial charge in [0.1, 0.15) is 5.75 Å².